The van der Waals surface area contributed by atoms with Crippen LogP contribution in [0, 0.1) is 11.3 Å². The smallest absolute Gasteiger partial charge is 0.321 e. The minimum absolute atomic E-state index is 0.0957. The average molecular weight is 390 g/mol. The Hall–Kier alpha value is -1.75. The number of hydrogen-bond donors (Lipinski definition) is 2. The molecular formula is C15H11F4N2O2PS. The maximum absolute atomic E-state index is 13.8. The first-order chi connectivity index (χ1) is 11.7. The molecule has 0 spiro atoms. The normalized spacial score (nSPS) is 17.6. The fourth-order valence-electron chi connectivity index (χ4n) is 2.65. The molecule has 3 rings (SSSR count). The largest absolute Gasteiger partial charge is 0.370 e. The van der Waals surface area contributed by atoms with Gasteiger partial charge in [-0.05, 0) is 18.2 Å². The van der Waals surface area contributed by atoms with Crippen LogP contribution in [0.25, 0.3) is 10.1 Å². The third-order valence-electron chi connectivity index (χ3n) is 3.91. The molecule has 2 aromatic rings. The van der Waals surface area contributed by atoms with Gasteiger partial charge in [-0.2, -0.15) is 14.0 Å². The van der Waals surface area contributed by atoms with Gasteiger partial charge in [-0.15, -0.1) is 11.3 Å². The van der Waals surface area contributed by atoms with Gasteiger partial charge in [-0.1, -0.05) is 0 Å². The SMILES string of the molecule is N#Cc1c(C(F)(F)PO)sc2ccc(C(=O)NC3CC(F)(F)C3)cc12. The van der Waals surface area contributed by atoms with Gasteiger partial charge in [0.25, 0.3) is 11.8 Å². The predicted octanol–water partition coefficient (Wildman–Crippen LogP) is 3.94. The lowest BCUT2D eigenvalue weighted by Crippen LogP contribution is -2.50. The van der Waals surface area contributed by atoms with Crippen molar-refractivity contribution in [3.63, 3.8) is 0 Å². The Labute approximate surface area is 145 Å². The second-order valence-electron chi connectivity index (χ2n) is 5.75. The molecular weight excluding hydrogens is 379 g/mol. The summed E-state index contributed by atoms with van der Waals surface area (Å²) in [6.07, 6.45) is -0.868. The van der Waals surface area contributed by atoms with Crippen molar-refractivity contribution in [2.75, 3.05) is 0 Å². The van der Waals surface area contributed by atoms with Crippen molar-refractivity contribution in [3.05, 3.63) is 34.2 Å². The minimum atomic E-state index is -3.53. The number of amides is 1. The number of alkyl halides is 4. The molecule has 1 aliphatic rings. The van der Waals surface area contributed by atoms with E-state index in [0.717, 1.165) is 0 Å². The Bertz CT molecular complexity index is 886. The molecule has 0 radical (unpaired) electrons. The number of carbonyl (C=O) groups excluding carboxylic acids is 1. The van der Waals surface area contributed by atoms with Crippen molar-refractivity contribution in [2.24, 2.45) is 0 Å². The van der Waals surface area contributed by atoms with Crippen LogP contribution in [-0.2, 0) is 5.66 Å². The standard InChI is InChI=1S/C15H11F4N2O2PS/c16-14(17)4-8(5-14)21-13(22)7-1-2-11-9(3-7)10(6-20)12(25-11)15(18,19)24-23/h1-3,8,23-24H,4-5H2,(H,21,22). The number of fused-ring (bicyclic) bond motifs is 1. The highest BCUT2D eigenvalue weighted by atomic mass is 32.1. The molecule has 1 aromatic carbocycles. The van der Waals surface area contributed by atoms with E-state index in [0.29, 0.717) is 16.0 Å². The molecule has 1 saturated carbocycles. The van der Waals surface area contributed by atoms with E-state index in [1.54, 1.807) is 6.07 Å². The molecule has 10 heteroatoms. The molecule has 1 fully saturated rings. The molecule has 0 bridgehead atoms. The summed E-state index contributed by atoms with van der Waals surface area (Å²) in [6, 6.07) is 5.15. The lowest BCUT2D eigenvalue weighted by Gasteiger charge is -2.35. The zero-order valence-electron chi connectivity index (χ0n) is 12.4. The third kappa shape index (κ3) is 3.34. The van der Waals surface area contributed by atoms with Gasteiger partial charge in [0, 0.05) is 34.5 Å². The Morgan fingerprint density at radius 1 is 1.44 bits per heavy atom. The van der Waals surface area contributed by atoms with Gasteiger partial charge in [-0.25, -0.2) is 8.78 Å². The zero-order valence-corrected chi connectivity index (χ0v) is 14.3. The number of rotatable bonds is 4. The highest BCUT2D eigenvalue weighted by molar-refractivity contribution is 7.33. The Morgan fingerprint density at radius 2 is 2.12 bits per heavy atom. The van der Waals surface area contributed by atoms with Crippen molar-refractivity contribution >= 4 is 36.1 Å². The molecule has 1 unspecified atom stereocenters. The molecule has 1 atom stereocenters. The Balaban J connectivity index is 1.92. The van der Waals surface area contributed by atoms with E-state index in [9.17, 15) is 27.6 Å². The topological polar surface area (TPSA) is 73.1 Å². The van der Waals surface area contributed by atoms with E-state index in [1.165, 1.54) is 18.2 Å². The molecule has 1 aromatic heterocycles. The molecule has 1 amide bonds. The summed E-state index contributed by atoms with van der Waals surface area (Å²) in [4.78, 5) is 20.4. The highest BCUT2D eigenvalue weighted by Crippen LogP contribution is 2.49. The molecule has 1 heterocycles. The van der Waals surface area contributed by atoms with Gasteiger partial charge < -0.3 is 10.2 Å². The maximum atomic E-state index is 13.8. The second kappa shape index (κ2) is 6.20. The van der Waals surface area contributed by atoms with E-state index >= 15 is 0 Å². The first-order valence-electron chi connectivity index (χ1n) is 7.12. The lowest BCUT2D eigenvalue weighted by molar-refractivity contribution is -0.0901. The maximum Gasteiger partial charge on any atom is 0.321 e. The van der Waals surface area contributed by atoms with Crippen molar-refractivity contribution in [1.29, 1.82) is 5.26 Å². The van der Waals surface area contributed by atoms with Crippen LogP contribution in [0.5, 0.6) is 0 Å². The number of nitriles is 1. The number of hydrogen-bond acceptors (Lipinski definition) is 4. The number of carbonyl (C=O) groups is 1. The van der Waals surface area contributed by atoms with Crippen LogP contribution in [0.4, 0.5) is 17.6 Å². The van der Waals surface area contributed by atoms with Gasteiger partial charge in [0.1, 0.15) is 6.07 Å². The van der Waals surface area contributed by atoms with Gasteiger partial charge in [0.15, 0.2) is 0 Å². The van der Waals surface area contributed by atoms with Gasteiger partial charge in [0.05, 0.1) is 19.2 Å². The van der Waals surface area contributed by atoms with E-state index in [-0.39, 0.29) is 16.5 Å². The molecule has 0 aliphatic heterocycles. The second-order valence-corrected chi connectivity index (χ2v) is 7.65. The Kier molecular flexibility index (Phi) is 4.48. The van der Waals surface area contributed by atoms with Crippen molar-refractivity contribution in [1.82, 2.24) is 5.32 Å². The van der Waals surface area contributed by atoms with Crippen LogP contribution in [-0.4, -0.2) is 22.8 Å². The first-order valence-corrected chi connectivity index (χ1v) is 8.88. The molecule has 0 saturated heterocycles. The summed E-state index contributed by atoms with van der Waals surface area (Å²) in [7, 11) is -1.69. The number of nitrogens with zero attached hydrogens (tertiary/aromatic N) is 1. The summed E-state index contributed by atoms with van der Waals surface area (Å²) in [5.41, 5.74) is -3.73. The Morgan fingerprint density at radius 3 is 2.68 bits per heavy atom. The number of benzene rings is 1. The fourth-order valence-corrected chi connectivity index (χ4v) is 4.18. The first kappa shape index (κ1) is 18.1. The molecule has 2 N–H and O–H groups in total. The van der Waals surface area contributed by atoms with E-state index < -0.39 is 50.1 Å². The van der Waals surface area contributed by atoms with Crippen LogP contribution in [0.15, 0.2) is 18.2 Å². The third-order valence-corrected chi connectivity index (χ3v) is 5.87. The quantitative estimate of drug-likeness (QED) is 0.614. The fraction of sp³-hybridized carbons (Fsp3) is 0.333. The molecule has 1 aliphatic carbocycles. The number of halogens is 4. The number of thiophene rings is 1. The summed E-state index contributed by atoms with van der Waals surface area (Å²) < 4.78 is 53.6. The summed E-state index contributed by atoms with van der Waals surface area (Å²) in [5.74, 6) is -3.37. The van der Waals surface area contributed by atoms with E-state index in [2.05, 4.69) is 5.32 Å². The summed E-state index contributed by atoms with van der Waals surface area (Å²) >= 11 is 0.673. The average Bonchev–Trinajstić information content (AvgIpc) is 2.91. The monoisotopic (exact) mass is 390 g/mol. The van der Waals surface area contributed by atoms with Crippen LogP contribution in [0.3, 0.4) is 0 Å². The molecule has 132 valence electrons. The van der Waals surface area contributed by atoms with Gasteiger partial charge in [0.2, 0.25) is 0 Å². The summed E-state index contributed by atoms with van der Waals surface area (Å²) in [5, 5.41) is 11.8. The zero-order chi connectivity index (χ0) is 18.4. The van der Waals surface area contributed by atoms with Crippen molar-refractivity contribution in [3.8, 4) is 6.07 Å². The molecule has 4 nitrogen and oxygen atoms in total. The predicted molar refractivity (Wildman–Crippen MR) is 86.4 cm³/mol. The number of nitrogens with one attached hydrogen (secondary N) is 1. The van der Waals surface area contributed by atoms with E-state index in [1.807, 2.05) is 0 Å². The van der Waals surface area contributed by atoms with Gasteiger partial charge in [-0.3, -0.25) is 4.79 Å². The molecule has 25 heavy (non-hydrogen) atoms. The minimum Gasteiger partial charge on any atom is -0.370 e. The van der Waals surface area contributed by atoms with Crippen LogP contribution < -0.4 is 5.32 Å². The van der Waals surface area contributed by atoms with Crippen LogP contribution >= 0.6 is 20.1 Å². The highest BCUT2D eigenvalue weighted by Gasteiger charge is 2.46. The lowest BCUT2D eigenvalue weighted by atomic mass is 9.88. The van der Waals surface area contributed by atoms with Crippen molar-refractivity contribution < 1.29 is 27.2 Å². The van der Waals surface area contributed by atoms with Crippen LogP contribution in [0.1, 0.15) is 33.6 Å². The van der Waals surface area contributed by atoms with E-state index in [4.69, 9.17) is 4.89 Å². The summed E-state index contributed by atoms with van der Waals surface area (Å²) in [6.45, 7) is 0. The van der Waals surface area contributed by atoms with Crippen molar-refractivity contribution in [2.45, 2.75) is 30.5 Å². The van der Waals surface area contributed by atoms with Gasteiger partial charge >= 0.3 is 5.66 Å². The van der Waals surface area contributed by atoms with Crippen LogP contribution in [0.2, 0.25) is 0 Å².